The lowest BCUT2D eigenvalue weighted by atomic mass is 9.96. The van der Waals surface area contributed by atoms with E-state index in [-0.39, 0.29) is 11.9 Å². The fraction of sp³-hybridized carbons (Fsp3) is 0.741. The number of rotatable bonds is 16. The van der Waals surface area contributed by atoms with Gasteiger partial charge in [0.2, 0.25) is 15.9 Å². The fourth-order valence-electron chi connectivity index (χ4n) is 4.69. The molecule has 33 heavy (non-hydrogen) atoms. The summed E-state index contributed by atoms with van der Waals surface area (Å²) < 4.78 is 27.4. The molecule has 1 aliphatic carbocycles. The molecule has 0 atom stereocenters. The second kappa shape index (κ2) is 15.5. The van der Waals surface area contributed by atoms with Crippen LogP contribution in [0.2, 0.25) is 0 Å². The van der Waals surface area contributed by atoms with Gasteiger partial charge in [-0.3, -0.25) is 4.79 Å². The van der Waals surface area contributed by atoms with Crippen molar-refractivity contribution in [1.29, 1.82) is 0 Å². The Hall–Kier alpha value is -1.40. The summed E-state index contributed by atoms with van der Waals surface area (Å²) in [5.41, 5.74) is 0.655. The fourth-order valence-corrected chi connectivity index (χ4v) is 6.11. The molecule has 1 saturated carbocycles. The molecule has 6 heteroatoms. The molecule has 1 aromatic rings. The molecule has 0 aromatic heterocycles. The van der Waals surface area contributed by atoms with Gasteiger partial charge in [-0.25, -0.2) is 8.42 Å². The van der Waals surface area contributed by atoms with Gasteiger partial charge in [-0.2, -0.15) is 4.31 Å². The highest BCUT2D eigenvalue weighted by Crippen LogP contribution is 2.27. The number of hydrogen-bond donors (Lipinski definition) is 1. The summed E-state index contributed by atoms with van der Waals surface area (Å²) in [6, 6.07) is 6.69. The molecule has 5 nitrogen and oxygen atoms in total. The highest BCUT2D eigenvalue weighted by molar-refractivity contribution is 7.89. The van der Waals surface area contributed by atoms with Crippen LogP contribution in [0, 0.1) is 0 Å². The molecule has 0 spiro atoms. The molecule has 1 fully saturated rings. The van der Waals surface area contributed by atoms with Crippen LogP contribution in [0.15, 0.2) is 29.2 Å². The van der Waals surface area contributed by atoms with Gasteiger partial charge < -0.3 is 5.32 Å². The molecule has 0 aliphatic heterocycles. The molecular formula is C27H46N2O3S. The topological polar surface area (TPSA) is 66.5 Å². The smallest absolute Gasteiger partial charge is 0.243 e. The highest BCUT2D eigenvalue weighted by atomic mass is 32.2. The van der Waals surface area contributed by atoms with Gasteiger partial charge in [-0.1, -0.05) is 90.4 Å². The van der Waals surface area contributed by atoms with E-state index in [1.54, 1.807) is 31.3 Å². The van der Waals surface area contributed by atoms with Crippen LogP contribution in [-0.4, -0.2) is 31.7 Å². The Kier molecular flexibility index (Phi) is 13.1. The summed E-state index contributed by atoms with van der Waals surface area (Å²) in [4.78, 5) is 12.5. The van der Waals surface area contributed by atoms with Crippen LogP contribution in [-0.2, 0) is 14.8 Å². The Labute approximate surface area is 202 Å². The molecular weight excluding hydrogens is 432 g/mol. The monoisotopic (exact) mass is 478 g/mol. The molecule has 1 aromatic carbocycles. The van der Waals surface area contributed by atoms with Crippen molar-refractivity contribution in [3.05, 3.63) is 24.3 Å². The van der Waals surface area contributed by atoms with E-state index < -0.39 is 10.0 Å². The van der Waals surface area contributed by atoms with Crippen LogP contribution in [0.25, 0.3) is 0 Å². The SMILES string of the molecule is CCCCCCCCCCCCCC(=O)Nc1ccc(S(=O)(=O)N(C)C2CCCCC2)cc1. The van der Waals surface area contributed by atoms with Gasteiger partial charge in [0.1, 0.15) is 0 Å². The maximum absolute atomic E-state index is 12.9. The first-order valence-electron chi connectivity index (χ1n) is 13.3. The van der Waals surface area contributed by atoms with E-state index in [0.29, 0.717) is 17.0 Å². The van der Waals surface area contributed by atoms with E-state index in [0.717, 1.165) is 38.5 Å². The van der Waals surface area contributed by atoms with Crippen molar-refractivity contribution in [2.24, 2.45) is 0 Å². The Morgan fingerprint density at radius 1 is 0.848 bits per heavy atom. The third-order valence-corrected chi connectivity index (χ3v) is 8.84. The Morgan fingerprint density at radius 2 is 1.36 bits per heavy atom. The van der Waals surface area contributed by atoms with Gasteiger partial charge in [0.15, 0.2) is 0 Å². The number of sulfonamides is 1. The lowest BCUT2D eigenvalue weighted by Gasteiger charge is -2.30. The quantitative estimate of drug-likeness (QED) is 0.254. The lowest BCUT2D eigenvalue weighted by Crippen LogP contribution is -2.38. The van der Waals surface area contributed by atoms with Crippen molar-refractivity contribution in [2.75, 3.05) is 12.4 Å². The summed E-state index contributed by atoms with van der Waals surface area (Å²) in [6.45, 7) is 2.25. The van der Waals surface area contributed by atoms with Crippen molar-refractivity contribution in [3.63, 3.8) is 0 Å². The molecule has 0 radical (unpaired) electrons. The second-order valence-corrected chi connectivity index (χ2v) is 11.7. The minimum atomic E-state index is -3.50. The lowest BCUT2D eigenvalue weighted by molar-refractivity contribution is -0.116. The largest absolute Gasteiger partial charge is 0.326 e. The van der Waals surface area contributed by atoms with Gasteiger partial charge in [0.05, 0.1) is 4.90 Å². The number of nitrogens with zero attached hydrogens (tertiary/aromatic N) is 1. The average molecular weight is 479 g/mol. The van der Waals surface area contributed by atoms with Gasteiger partial charge in [-0.05, 0) is 43.5 Å². The number of amides is 1. The number of benzene rings is 1. The van der Waals surface area contributed by atoms with Crippen LogP contribution in [0.5, 0.6) is 0 Å². The standard InChI is InChI=1S/C27H46N2O3S/c1-3-4-5-6-7-8-9-10-11-12-16-19-27(30)28-24-20-22-26(23-21-24)33(31,32)29(2)25-17-14-13-15-18-25/h20-23,25H,3-19H2,1-2H3,(H,28,30). The average Bonchev–Trinajstić information content (AvgIpc) is 2.83. The van der Waals surface area contributed by atoms with Gasteiger partial charge in [-0.15, -0.1) is 0 Å². The maximum atomic E-state index is 12.9. The van der Waals surface area contributed by atoms with Crippen LogP contribution >= 0.6 is 0 Å². The molecule has 0 heterocycles. The Balaban J connectivity index is 1.63. The summed E-state index contributed by atoms with van der Waals surface area (Å²) in [6.07, 6.45) is 19.6. The normalized spacial score (nSPS) is 15.1. The summed E-state index contributed by atoms with van der Waals surface area (Å²) in [7, 11) is -1.81. The first-order chi connectivity index (χ1) is 15.9. The van der Waals surface area contributed by atoms with E-state index in [4.69, 9.17) is 0 Å². The minimum absolute atomic E-state index is 0.000792. The highest BCUT2D eigenvalue weighted by Gasteiger charge is 2.28. The first kappa shape index (κ1) is 27.8. The van der Waals surface area contributed by atoms with Gasteiger partial charge in [0.25, 0.3) is 0 Å². The third-order valence-electron chi connectivity index (χ3n) is 6.91. The van der Waals surface area contributed by atoms with E-state index in [1.807, 2.05) is 0 Å². The molecule has 0 bridgehead atoms. The van der Waals surface area contributed by atoms with E-state index in [9.17, 15) is 13.2 Å². The predicted molar refractivity (Wildman–Crippen MR) is 138 cm³/mol. The van der Waals surface area contributed by atoms with Crippen LogP contribution in [0.3, 0.4) is 0 Å². The number of carbonyl (C=O) groups excluding carboxylic acids is 1. The summed E-state index contributed by atoms with van der Waals surface area (Å²) in [5, 5.41) is 2.90. The van der Waals surface area contributed by atoms with Crippen LogP contribution in [0.4, 0.5) is 5.69 Å². The molecule has 0 unspecified atom stereocenters. The number of anilines is 1. The number of unbranched alkanes of at least 4 members (excludes halogenated alkanes) is 10. The van der Waals surface area contributed by atoms with E-state index >= 15 is 0 Å². The second-order valence-electron chi connectivity index (χ2n) is 9.67. The Bertz CT molecular complexity index is 771. The Morgan fingerprint density at radius 3 is 1.91 bits per heavy atom. The zero-order valence-electron chi connectivity index (χ0n) is 21.0. The summed E-state index contributed by atoms with van der Waals surface area (Å²) in [5.74, 6) is 0.000792. The maximum Gasteiger partial charge on any atom is 0.243 e. The van der Waals surface area contributed by atoms with E-state index in [1.165, 1.54) is 68.5 Å². The third kappa shape index (κ3) is 10.2. The number of carbonyl (C=O) groups is 1. The van der Waals surface area contributed by atoms with Crippen molar-refractivity contribution in [2.45, 2.75) is 127 Å². The number of hydrogen-bond acceptors (Lipinski definition) is 3. The molecule has 0 saturated heterocycles. The van der Waals surface area contributed by atoms with Crippen molar-refractivity contribution in [1.82, 2.24) is 4.31 Å². The van der Waals surface area contributed by atoms with Crippen molar-refractivity contribution in [3.8, 4) is 0 Å². The van der Waals surface area contributed by atoms with Crippen LogP contribution in [0.1, 0.15) is 116 Å². The zero-order chi connectivity index (χ0) is 23.9. The van der Waals surface area contributed by atoms with E-state index in [2.05, 4.69) is 12.2 Å². The van der Waals surface area contributed by atoms with Gasteiger partial charge in [0, 0.05) is 25.2 Å². The minimum Gasteiger partial charge on any atom is -0.326 e. The molecule has 1 amide bonds. The molecule has 2 rings (SSSR count). The molecule has 1 aliphatic rings. The first-order valence-corrected chi connectivity index (χ1v) is 14.8. The van der Waals surface area contributed by atoms with Gasteiger partial charge >= 0.3 is 0 Å². The zero-order valence-corrected chi connectivity index (χ0v) is 21.8. The summed E-state index contributed by atoms with van der Waals surface area (Å²) >= 11 is 0. The predicted octanol–water partition coefficient (Wildman–Crippen LogP) is 7.28. The molecule has 1 N–H and O–H groups in total. The van der Waals surface area contributed by atoms with Crippen LogP contribution < -0.4 is 5.32 Å². The van der Waals surface area contributed by atoms with Crippen molar-refractivity contribution >= 4 is 21.6 Å². The number of nitrogens with one attached hydrogen (secondary N) is 1. The molecule has 188 valence electrons. The van der Waals surface area contributed by atoms with Crippen molar-refractivity contribution < 1.29 is 13.2 Å².